The molecular formula is C14H12BrF2NO2S. The largest absolute Gasteiger partial charge is 0.462 e. The van der Waals surface area contributed by atoms with Gasteiger partial charge in [0.15, 0.2) is 0 Å². The number of anilines is 1. The molecule has 0 aliphatic carbocycles. The van der Waals surface area contributed by atoms with Crippen LogP contribution < -0.4 is 5.73 Å². The molecule has 0 atom stereocenters. The summed E-state index contributed by atoms with van der Waals surface area (Å²) in [6, 6.07) is 2.33. The summed E-state index contributed by atoms with van der Waals surface area (Å²) in [6.45, 7) is 3.49. The number of esters is 1. The van der Waals surface area contributed by atoms with E-state index in [1.807, 2.05) is 0 Å². The van der Waals surface area contributed by atoms with Crippen LogP contribution >= 0.6 is 27.3 Å². The van der Waals surface area contributed by atoms with Crippen LogP contribution in [0.25, 0.3) is 10.4 Å². The molecule has 1 heterocycles. The molecule has 0 saturated carbocycles. The Labute approximate surface area is 132 Å². The third-order valence-corrected chi connectivity index (χ3v) is 4.65. The van der Waals surface area contributed by atoms with Crippen molar-refractivity contribution in [2.24, 2.45) is 0 Å². The Bertz CT molecular complexity index is 692. The Morgan fingerprint density at radius 1 is 1.38 bits per heavy atom. The van der Waals surface area contributed by atoms with E-state index in [1.54, 1.807) is 13.8 Å². The average Bonchev–Trinajstić information content (AvgIpc) is 2.67. The molecule has 0 aliphatic heterocycles. The highest BCUT2D eigenvalue weighted by molar-refractivity contribution is 9.10. The molecule has 2 N–H and O–H groups in total. The Morgan fingerprint density at radius 2 is 1.95 bits per heavy atom. The fourth-order valence-corrected chi connectivity index (χ4v) is 3.44. The lowest BCUT2D eigenvalue weighted by molar-refractivity contribution is 0.0533. The van der Waals surface area contributed by atoms with Crippen molar-refractivity contribution >= 4 is 38.9 Å². The molecule has 2 aromatic rings. The number of thiophene rings is 1. The van der Waals surface area contributed by atoms with Crippen molar-refractivity contribution in [1.29, 1.82) is 0 Å². The first-order valence-electron chi connectivity index (χ1n) is 6.07. The van der Waals surface area contributed by atoms with E-state index in [2.05, 4.69) is 15.9 Å². The first-order chi connectivity index (χ1) is 9.86. The van der Waals surface area contributed by atoms with Crippen molar-refractivity contribution < 1.29 is 18.3 Å². The average molecular weight is 376 g/mol. The zero-order valence-corrected chi connectivity index (χ0v) is 13.7. The third-order valence-electron chi connectivity index (χ3n) is 2.89. The SMILES string of the molecule is CCOC(=O)c1sc(-c2c(F)cc(Br)cc2F)c(C)c1N. The summed E-state index contributed by atoms with van der Waals surface area (Å²) in [4.78, 5) is 12.2. The number of carbonyl (C=O) groups excluding carboxylic acids is 1. The Kier molecular flexibility index (Phi) is 4.63. The predicted molar refractivity (Wildman–Crippen MR) is 82.5 cm³/mol. The van der Waals surface area contributed by atoms with Crippen molar-refractivity contribution in [1.82, 2.24) is 0 Å². The minimum absolute atomic E-state index is 0.158. The number of ether oxygens (including phenoxy) is 1. The number of halogens is 3. The molecule has 112 valence electrons. The zero-order chi connectivity index (χ0) is 15.7. The van der Waals surface area contributed by atoms with Crippen LogP contribution in [0, 0.1) is 18.6 Å². The van der Waals surface area contributed by atoms with Gasteiger partial charge in [-0.3, -0.25) is 0 Å². The third kappa shape index (κ3) is 2.94. The number of rotatable bonds is 3. The van der Waals surface area contributed by atoms with Crippen LogP contribution in [0.4, 0.5) is 14.5 Å². The molecular weight excluding hydrogens is 364 g/mol. The minimum Gasteiger partial charge on any atom is -0.462 e. The molecule has 0 spiro atoms. The van der Waals surface area contributed by atoms with Gasteiger partial charge in [-0.05, 0) is 31.5 Å². The Morgan fingerprint density at radius 3 is 2.48 bits per heavy atom. The lowest BCUT2D eigenvalue weighted by Crippen LogP contribution is -2.05. The number of hydrogen-bond donors (Lipinski definition) is 1. The van der Waals surface area contributed by atoms with Crippen LogP contribution in [-0.2, 0) is 4.74 Å². The second kappa shape index (κ2) is 6.11. The molecule has 3 nitrogen and oxygen atoms in total. The Hall–Kier alpha value is -1.47. The van der Waals surface area contributed by atoms with Crippen LogP contribution in [0.5, 0.6) is 0 Å². The molecule has 0 saturated heterocycles. The van der Waals surface area contributed by atoms with Gasteiger partial charge in [-0.2, -0.15) is 0 Å². The fourth-order valence-electron chi connectivity index (χ4n) is 1.87. The standard InChI is InChI=1S/C14H12BrF2NO2S/c1-3-20-14(19)13-11(18)6(2)12(21-13)10-8(16)4-7(15)5-9(10)17/h4-5H,3,18H2,1-2H3. The van der Waals surface area contributed by atoms with E-state index in [4.69, 9.17) is 10.5 Å². The van der Waals surface area contributed by atoms with Crippen LogP contribution in [0.2, 0.25) is 0 Å². The number of benzene rings is 1. The predicted octanol–water partition coefficient (Wildman–Crippen LogP) is 4.52. The molecule has 21 heavy (non-hydrogen) atoms. The van der Waals surface area contributed by atoms with Gasteiger partial charge in [-0.1, -0.05) is 15.9 Å². The second-order valence-electron chi connectivity index (χ2n) is 4.26. The van der Waals surface area contributed by atoms with Crippen molar-refractivity contribution in [3.63, 3.8) is 0 Å². The van der Waals surface area contributed by atoms with Gasteiger partial charge in [0.05, 0.1) is 17.9 Å². The molecule has 7 heteroatoms. The van der Waals surface area contributed by atoms with E-state index >= 15 is 0 Å². The molecule has 1 aromatic carbocycles. The highest BCUT2D eigenvalue weighted by atomic mass is 79.9. The van der Waals surface area contributed by atoms with E-state index in [-0.39, 0.29) is 27.6 Å². The van der Waals surface area contributed by atoms with Crippen LogP contribution in [0.1, 0.15) is 22.2 Å². The quantitative estimate of drug-likeness (QED) is 0.802. The molecule has 1 aromatic heterocycles. The van der Waals surface area contributed by atoms with Gasteiger partial charge in [0.25, 0.3) is 0 Å². The molecule has 0 amide bonds. The first-order valence-corrected chi connectivity index (χ1v) is 7.68. The molecule has 0 radical (unpaired) electrons. The van der Waals surface area contributed by atoms with Gasteiger partial charge in [-0.25, -0.2) is 13.6 Å². The number of carbonyl (C=O) groups is 1. The maximum absolute atomic E-state index is 14.0. The van der Waals surface area contributed by atoms with Gasteiger partial charge in [0.2, 0.25) is 0 Å². The van der Waals surface area contributed by atoms with Gasteiger partial charge >= 0.3 is 5.97 Å². The van der Waals surface area contributed by atoms with Gasteiger partial charge in [-0.15, -0.1) is 11.3 Å². The van der Waals surface area contributed by atoms with Gasteiger partial charge < -0.3 is 10.5 Å². The summed E-state index contributed by atoms with van der Waals surface area (Å²) in [5.41, 5.74) is 6.32. The normalized spacial score (nSPS) is 10.7. The topological polar surface area (TPSA) is 52.3 Å². The summed E-state index contributed by atoms with van der Waals surface area (Å²) in [5.74, 6) is -2.03. The van der Waals surface area contributed by atoms with Crippen molar-refractivity contribution in [2.45, 2.75) is 13.8 Å². The molecule has 0 unspecified atom stereocenters. The minimum atomic E-state index is -0.721. The molecule has 2 rings (SSSR count). The van der Waals surface area contributed by atoms with E-state index < -0.39 is 17.6 Å². The highest BCUT2D eigenvalue weighted by Crippen LogP contribution is 2.41. The monoisotopic (exact) mass is 375 g/mol. The molecule has 0 fully saturated rings. The van der Waals surface area contributed by atoms with Crippen molar-refractivity contribution in [3.8, 4) is 10.4 Å². The summed E-state index contributed by atoms with van der Waals surface area (Å²) in [7, 11) is 0. The number of nitrogens with two attached hydrogens (primary N) is 1. The van der Waals surface area contributed by atoms with Crippen molar-refractivity contribution in [3.05, 3.63) is 38.7 Å². The first kappa shape index (κ1) is 15.9. The fraction of sp³-hybridized carbons (Fsp3) is 0.214. The maximum atomic E-state index is 14.0. The van der Waals surface area contributed by atoms with Gasteiger partial charge in [0.1, 0.15) is 16.5 Å². The number of nitrogen functional groups attached to an aromatic ring is 1. The van der Waals surface area contributed by atoms with Crippen LogP contribution in [0.3, 0.4) is 0 Å². The highest BCUT2D eigenvalue weighted by Gasteiger charge is 2.24. The van der Waals surface area contributed by atoms with Crippen LogP contribution in [-0.4, -0.2) is 12.6 Å². The molecule has 0 aliphatic rings. The summed E-state index contributed by atoms with van der Waals surface area (Å²) in [5, 5.41) is 0. The zero-order valence-electron chi connectivity index (χ0n) is 11.3. The second-order valence-corrected chi connectivity index (χ2v) is 6.20. The summed E-state index contributed by atoms with van der Waals surface area (Å²) in [6.07, 6.45) is 0. The number of hydrogen-bond acceptors (Lipinski definition) is 4. The Balaban J connectivity index is 2.61. The summed E-state index contributed by atoms with van der Waals surface area (Å²) < 4.78 is 33.3. The van der Waals surface area contributed by atoms with E-state index in [9.17, 15) is 13.6 Å². The van der Waals surface area contributed by atoms with E-state index in [0.717, 1.165) is 23.5 Å². The maximum Gasteiger partial charge on any atom is 0.350 e. The van der Waals surface area contributed by atoms with Crippen LogP contribution in [0.15, 0.2) is 16.6 Å². The van der Waals surface area contributed by atoms with E-state index in [1.165, 1.54) is 0 Å². The van der Waals surface area contributed by atoms with E-state index in [0.29, 0.717) is 10.0 Å². The smallest absolute Gasteiger partial charge is 0.350 e. The molecule has 0 bridgehead atoms. The lowest BCUT2D eigenvalue weighted by atomic mass is 10.1. The summed E-state index contributed by atoms with van der Waals surface area (Å²) >= 11 is 3.95. The lowest BCUT2D eigenvalue weighted by Gasteiger charge is -2.05. The van der Waals surface area contributed by atoms with Gasteiger partial charge in [0, 0.05) is 9.35 Å². The van der Waals surface area contributed by atoms with Crippen molar-refractivity contribution in [2.75, 3.05) is 12.3 Å².